The summed E-state index contributed by atoms with van der Waals surface area (Å²) in [5, 5.41) is 7.53. The van der Waals surface area contributed by atoms with Gasteiger partial charge in [-0.1, -0.05) is 0 Å². The molecule has 3 heteroatoms. The first-order valence-corrected chi connectivity index (χ1v) is 4.76. The molecule has 0 saturated carbocycles. The van der Waals surface area contributed by atoms with Gasteiger partial charge in [0.25, 0.3) is 0 Å². The van der Waals surface area contributed by atoms with Crippen LogP contribution in [0.5, 0.6) is 0 Å². The van der Waals surface area contributed by atoms with Crippen LogP contribution < -0.4 is 0 Å². The number of hydrogen-bond donors (Lipinski definition) is 1. The van der Waals surface area contributed by atoms with Gasteiger partial charge < -0.3 is 4.90 Å². The number of nitrogens with zero attached hydrogens (tertiary/aromatic N) is 1. The number of alkyl halides is 1. The third-order valence-electron chi connectivity index (χ3n) is 2.03. The number of nitrogens with one attached hydrogen (secondary N) is 1. The van der Waals surface area contributed by atoms with Crippen LogP contribution in [0.1, 0.15) is 25.7 Å². The smallest absolute Gasteiger partial charge is 0.0958 e. The largest absolute Gasteiger partial charge is 0.361 e. The van der Waals surface area contributed by atoms with Gasteiger partial charge in [-0.2, -0.15) is 0 Å². The molecule has 1 aliphatic heterocycles. The number of amidine groups is 1. The summed E-state index contributed by atoms with van der Waals surface area (Å²) in [5.74, 6) is 1.57. The van der Waals surface area contributed by atoms with Crippen molar-refractivity contribution in [3.63, 3.8) is 0 Å². The molecule has 0 aliphatic carbocycles. The van der Waals surface area contributed by atoms with E-state index in [0.29, 0.717) is 0 Å². The molecule has 0 unspecified atom stereocenters. The third-order valence-corrected chi connectivity index (χ3v) is 2.30. The molecule has 2 nitrogen and oxygen atoms in total. The van der Waals surface area contributed by atoms with Crippen molar-refractivity contribution in [2.75, 3.05) is 19.0 Å². The molecular formula is C8H15ClN2. The maximum absolute atomic E-state index is 7.53. The lowest BCUT2D eigenvalue weighted by molar-refractivity contribution is 0.438. The third kappa shape index (κ3) is 2.70. The molecule has 1 N–H and O–H groups in total. The van der Waals surface area contributed by atoms with Crippen LogP contribution in [-0.4, -0.2) is 29.7 Å². The fraction of sp³-hybridized carbons (Fsp3) is 0.875. The van der Waals surface area contributed by atoms with E-state index in [2.05, 4.69) is 4.90 Å². The van der Waals surface area contributed by atoms with Crippen molar-refractivity contribution in [2.45, 2.75) is 25.7 Å². The van der Waals surface area contributed by atoms with E-state index >= 15 is 0 Å². The summed E-state index contributed by atoms with van der Waals surface area (Å²) in [6.45, 7) is 2.12. The van der Waals surface area contributed by atoms with Gasteiger partial charge in [-0.3, -0.25) is 5.41 Å². The first kappa shape index (κ1) is 8.85. The molecule has 1 aliphatic rings. The van der Waals surface area contributed by atoms with Crippen molar-refractivity contribution in [3.05, 3.63) is 0 Å². The van der Waals surface area contributed by atoms with Gasteiger partial charge in [0.2, 0.25) is 0 Å². The Morgan fingerprint density at radius 2 is 2.27 bits per heavy atom. The highest BCUT2D eigenvalue weighted by Crippen LogP contribution is 2.10. The highest BCUT2D eigenvalue weighted by molar-refractivity contribution is 6.17. The fourth-order valence-electron chi connectivity index (χ4n) is 1.37. The molecule has 1 heterocycles. The SMILES string of the molecule is N=C1CCCN1CCCCCl. The molecule has 1 saturated heterocycles. The van der Waals surface area contributed by atoms with E-state index in [0.717, 1.165) is 44.1 Å². The van der Waals surface area contributed by atoms with Gasteiger partial charge in [0.15, 0.2) is 0 Å². The second-order valence-corrected chi connectivity index (χ2v) is 3.31. The first-order chi connectivity index (χ1) is 5.34. The summed E-state index contributed by atoms with van der Waals surface area (Å²) in [4.78, 5) is 2.16. The molecule has 64 valence electrons. The van der Waals surface area contributed by atoms with Crippen LogP contribution in [0.3, 0.4) is 0 Å². The van der Waals surface area contributed by atoms with E-state index in [1.165, 1.54) is 6.42 Å². The number of hydrogen-bond acceptors (Lipinski definition) is 1. The average molecular weight is 175 g/mol. The maximum Gasteiger partial charge on any atom is 0.0958 e. The van der Waals surface area contributed by atoms with Gasteiger partial charge >= 0.3 is 0 Å². The molecule has 0 aromatic rings. The van der Waals surface area contributed by atoms with Gasteiger partial charge in [-0.15, -0.1) is 11.6 Å². The van der Waals surface area contributed by atoms with E-state index in [9.17, 15) is 0 Å². The molecular weight excluding hydrogens is 160 g/mol. The Morgan fingerprint density at radius 1 is 1.45 bits per heavy atom. The molecule has 0 radical (unpaired) electrons. The minimum Gasteiger partial charge on any atom is -0.361 e. The van der Waals surface area contributed by atoms with Crippen molar-refractivity contribution in [3.8, 4) is 0 Å². The van der Waals surface area contributed by atoms with Crippen LogP contribution in [0.4, 0.5) is 0 Å². The zero-order valence-electron chi connectivity index (χ0n) is 6.77. The Bertz CT molecular complexity index is 136. The monoisotopic (exact) mass is 174 g/mol. The highest BCUT2D eigenvalue weighted by atomic mass is 35.5. The number of unbranched alkanes of at least 4 members (excludes halogenated alkanes) is 1. The van der Waals surface area contributed by atoms with Gasteiger partial charge in [-0.05, 0) is 19.3 Å². The molecule has 0 aromatic carbocycles. The summed E-state index contributed by atoms with van der Waals surface area (Å²) < 4.78 is 0. The lowest BCUT2D eigenvalue weighted by atomic mass is 10.3. The van der Waals surface area contributed by atoms with E-state index in [1.807, 2.05) is 0 Å². The van der Waals surface area contributed by atoms with E-state index in [1.54, 1.807) is 0 Å². The summed E-state index contributed by atoms with van der Waals surface area (Å²) in [7, 11) is 0. The van der Waals surface area contributed by atoms with Crippen molar-refractivity contribution in [1.82, 2.24) is 4.90 Å². The van der Waals surface area contributed by atoms with E-state index in [4.69, 9.17) is 17.0 Å². The Balaban J connectivity index is 2.10. The lowest BCUT2D eigenvalue weighted by Gasteiger charge is -2.16. The summed E-state index contributed by atoms with van der Waals surface area (Å²) in [5.41, 5.74) is 0. The van der Waals surface area contributed by atoms with Gasteiger partial charge in [0.1, 0.15) is 0 Å². The molecule has 0 aromatic heterocycles. The highest BCUT2D eigenvalue weighted by Gasteiger charge is 2.15. The molecule has 0 spiro atoms. The number of halogens is 1. The van der Waals surface area contributed by atoms with Gasteiger partial charge in [-0.25, -0.2) is 0 Å². The van der Waals surface area contributed by atoms with Crippen LogP contribution in [0.25, 0.3) is 0 Å². The summed E-state index contributed by atoms with van der Waals surface area (Å²) >= 11 is 5.55. The van der Waals surface area contributed by atoms with Crippen molar-refractivity contribution in [1.29, 1.82) is 5.41 Å². The second-order valence-electron chi connectivity index (χ2n) is 2.93. The van der Waals surface area contributed by atoms with Crippen molar-refractivity contribution >= 4 is 17.4 Å². The molecule has 0 bridgehead atoms. The Hall–Kier alpha value is -0.240. The van der Waals surface area contributed by atoms with Crippen LogP contribution in [0, 0.1) is 5.41 Å². The number of likely N-dealkylation sites (tertiary alicyclic amines) is 1. The molecule has 1 fully saturated rings. The van der Waals surface area contributed by atoms with Crippen LogP contribution >= 0.6 is 11.6 Å². The van der Waals surface area contributed by atoms with Crippen LogP contribution in [0.2, 0.25) is 0 Å². The summed E-state index contributed by atoms with van der Waals surface area (Å²) in [6, 6.07) is 0. The van der Waals surface area contributed by atoms with Gasteiger partial charge in [0.05, 0.1) is 5.84 Å². The quantitative estimate of drug-likeness (QED) is 0.513. The average Bonchev–Trinajstić information content (AvgIpc) is 2.37. The fourth-order valence-corrected chi connectivity index (χ4v) is 1.56. The minimum atomic E-state index is 0.751. The molecule has 0 atom stereocenters. The Kier molecular flexibility index (Phi) is 3.70. The van der Waals surface area contributed by atoms with Crippen molar-refractivity contribution in [2.24, 2.45) is 0 Å². The van der Waals surface area contributed by atoms with Crippen molar-refractivity contribution < 1.29 is 0 Å². The Morgan fingerprint density at radius 3 is 2.82 bits per heavy atom. The van der Waals surface area contributed by atoms with E-state index < -0.39 is 0 Å². The normalized spacial score (nSPS) is 17.9. The second kappa shape index (κ2) is 4.60. The zero-order valence-corrected chi connectivity index (χ0v) is 7.53. The predicted molar refractivity (Wildman–Crippen MR) is 48.5 cm³/mol. The Labute approximate surface area is 73.0 Å². The summed E-state index contributed by atoms with van der Waals surface area (Å²) in [6.07, 6.45) is 4.35. The maximum atomic E-state index is 7.53. The lowest BCUT2D eigenvalue weighted by Crippen LogP contribution is -2.25. The van der Waals surface area contributed by atoms with Crippen LogP contribution in [-0.2, 0) is 0 Å². The standard InChI is InChI=1S/C8H15ClN2/c9-5-1-2-6-11-7-3-4-8(11)10/h10H,1-7H2. The van der Waals surface area contributed by atoms with E-state index in [-0.39, 0.29) is 0 Å². The molecule has 1 rings (SSSR count). The molecule has 11 heavy (non-hydrogen) atoms. The van der Waals surface area contributed by atoms with Crippen LogP contribution in [0.15, 0.2) is 0 Å². The topological polar surface area (TPSA) is 27.1 Å². The minimum absolute atomic E-state index is 0.751. The zero-order chi connectivity index (χ0) is 8.10. The predicted octanol–water partition coefficient (Wildman–Crippen LogP) is 2.08. The van der Waals surface area contributed by atoms with Gasteiger partial charge in [0, 0.05) is 25.4 Å². The molecule has 0 amide bonds. The first-order valence-electron chi connectivity index (χ1n) is 4.23. The number of rotatable bonds is 4.